The summed E-state index contributed by atoms with van der Waals surface area (Å²) < 4.78 is 10.0. The van der Waals surface area contributed by atoms with Gasteiger partial charge in [-0.1, -0.05) is 12.8 Å². The van der Waals surface area contributed by atoms with E-state index in [1.165, 1.54) is 12.8 Å². The van der Waals surface area contributed by atoms with Crippen molar-refractivity contribution in [2.24, 2.45) is 0 Å². The minimum Gasteiger partial charge on any atom is -0.428 e. The third-order valence-corrected chi connectivity index (χ3v) is 5.40. The highest BCUT2D eigenvalue weighted by molar-refractivity contribution is 8.02. The van der Waals surface area contributed by atoms with Crippen LogP contribution in [0.15, 0.2) is 0 Å². The lowest BCUT2D eigenvalue weighted by atomic mass is 10.2. The summed E-state index contributed by atoms with van der Waals surface area (Å²) in [6, 6.07) is 0. The van der Waals surface area contributed by atoms with Crippen molar-refractivity contribution < 1.29 is 19.1 Å². The van der Waals surface area contributed by atoms with Gasteiger partial charge in [0.1, 0.15) is 5.60 Å². The summed E-state index contributed by atoms with van der Waals surface area (Å²) in [6.45, 7) is 6.02. The molecule has 0 unspecified atom stereocenters. The van der Waals surface area contributed by atoms with E-state index in [0.29, 0.717) is 11.7 Å². The number of hydrogen-bond acceptors (Lipinski definition) is 6. The van der Waals surface area contributed by atoms with Crippen LogP contribution in [0.4, 0.5) is 4.79 Å². The minimum absolute atomic E-state index is 0.474. The van der Waals surface area contributed by atoms with Crippen LogP contribution >= 0.6 is 11.8 Å². The highest BCUT2D eigenvalue weighted by Gasteiger charge is 2.46. The number of thioether (sulfide) groups is 1. The summed E-state index contributed by atoms with van der Waals surface area (Å²) in [7, 11) is 0. The fourth-order valence-electron chi connectivity index (χ4n) is 2.76. The monoisotopic (exact) mass is 315 g/mol. The molecule has 0 radical (unpaired) electrons. The van der Waals surface area contributed by atoms with Gasteiger partial charge in [-0.05, 0) is 53.0 Å². The number of rotatable bonds is 3. The Morgan fingerprint density at radius 3 is 2.38 bits per heavy atom. The first-order valence-electron chi connectivity index (χ1n) is 7.69. The van der Waals surface area contributed by atoms with Crippen molar-refractivity contribution >= 4 is 23.9 Å². The van der Waals surface area contributed by atoms with Crippen molar-refractivity contribution in [3.8, 4) is 0 Å². The molecule has 0 spiro atoms. The Morgan fingerprint density at radius 2 is 1.86 bits per heavy atom. The maximum absolute atomic E-state index is 12.4. The predicted octanol–water partition coefficient (Wildman–Crippen LogP) is 3.22. The molecule has 1 N–H and O–H groups in total. The molecule has 0 bridgehead atoms. The summed E-state index contributed by atoms with van der Waals surface area (Å²) in [6.07, 6.45) is 5.41. The Hall–Kier alpha value is -0.750. The van der Waals surface area contributed by atoms with Gasteiger partial charge in [0.05, 0.1) is 0 Å². The van der Waals surface area contributed by atoms with E-state index in [-0.39, 0.29) is 0 Å². The van der Waals surface area contributed by atoms with E-state index in [4.69, 9.17) is 9.47 Å². The van der Waals surface area contributed by atoms with Crippen LogP contribution < -0.4 is 5.32 Å². The molecule has 1 saturated carbocycles. The molecule has 0 aromatic heterocycles. The molecule has 5 nitrogen and oxygen atoms in total. The molecule has 1 aliphatic carbocycles. The van der Waals surface area contributed by atoms with Crippen LogP contribution in [0.3, 0.4) is 0 Å². The topological polar surface area (TPSA) is 64.6 Å². The molecule has 2 fully saturated rings. The second-order valence-electron chi connectivity index (χ2n) is 6.74. The largest absolute Gasteiger partial charge is 0.516 e. The van der Waals surface area contributed by atoms with Crippen molar-refractivity contribution in [1.29, 1.82) is 0 Å². The molecule has 6 heteroatoms. The van der Waals surface area contributed by atoms with E-state index in [0.717, 1.165) is 25.8 Å². The lowest BCUT2D eigenvalue weighted by Crippen LogP contribution is -2.47. The van der Waals surface area contributed by atoms with Gasteiger partial charge in [-0.3, -0.25) is 5.32 Å². The molecule has 2 aliphatic rings. The third-order valence-electron chi connectivity index (χ3n) is 3.68. The molecule has 0 aromatic carbocycles. The first-order chi connectivity index (χ1) is 9.81. The van der Waals surface area contributed by atoms with E-state index in [9.17, 15) is 9.59 Å². The van der Waals surface area contributed by atoms with Crippen LogP contribution in [0.1, 0.15) is 59.3 Å². The van der Waals surface area contributed by atoms with Crippen LogP contribution in [-0.4, -0.2) is 34.4 Å². The summed E-state index contributed by atoms with van der Waals surface area (Å²) in [4.78, 5) is 23.4. The zero-order chi connectivity index (χ0) is 15.5. The van der Waals surface area contributed by atoms with E-state index in [1.54, 1.807) is 32.5 Å². The van der Waals surface area contributed by atoms with Gasteiger partial charge in [-0.2, -0.15) is 0 Å². The van der Waals surface area contributed by atoms with E-state index < -0.39 is 22.6 Å². The van der Waals surface area contributed by atoms with Gasteiger partial charge >= 0.3 is 12.1 Å². The fourth-order valence-corrected chi connectivity index (χ4v) is 4.48. The van der Waals surface area contributed by atoms with Gasteiger partial charge in [0.25, 0.3) is 0 Å². The first kappa shape index (κ1) is 16.6. The average molecular weight is 315 g/mol. The summed E-state index contributed by atoms with van der Waals surface area (Å²) in [5, 5.41) is 3.72. The van der Waals surface area contributed by atoms with E-state index in [1.807, 2.05) is 0 Å². The molecule has 21 heavy (non-hydrogen) atoms. The number of hydrogen-bond donors (Lipinski definition) is 1. The van der Waals surface area contributed by atoms with Crippen molar-refractivity contribution in [3.63, 3.8) is 0 Å². The van der Waals surface area contributed by atoms with Crippen LogP contribution in [0.2, 0.25) is 0 Å². The van der Waals surface area contributed by atoms with E-state index in [2.05, 4.69) is 5.32 Å². The van der Waals surface area contributed by atoms with Crippen molar-refractivity contribution in [2.45, 2.75) is 75.0 Å². The molecular weight excluding hydrogens is 290 g/mol. The number of carbonyl (C=O) groups is 2. The molecule has 1 aliphatic heterocycles. The van der Waals surface area contributed by atoms with E-state index >= 15 is 0 Å². The van der Waals surface area contributed by atoms with Gasteiger partial charge in [0, 0.05) is 5.25 Å². The predicted molar refractivity (Wildman–Crippen MR) is 82.1 cm³/mol. The second-order valence-corrected chi connectivity index (χ2v) is 8.33. The molecule has 2 rings (SSSR count). The molecule has 0 aromatic rings. The van der Waals surface area contributed by atoms with Crippen LogP contribution in [0, 0.1) is 0 Å². The van der Waals surface area contributed by atoms with Gasteiger partial charge in [-0.15, -0.1) is 11.8 Å². The Balaban J connectivity index is 1.97. The Labute approximate surface area is 130 Å². The summed E-state index contributed by atoms with van der Waals surface area (Å²) in [5.74, 6) is -0.508. The molecular formula is C15H25NO4S. The molecule has 1 saturated heterocycles. The van der Waals surface area contributed by atoms with Gasteiger partial charge in [-0.25, -0.2) is 9.59 Å². The van der Waals surface area contributed by atoms with Crippen molar-refractivity contribution in [3.05, 3.63) is 0 Å². The van der Waals surface area contributed by atoms with Crippen LogP contribution in [0.5, 0.6) is 0 Å². The van der Waals surface area contributed by atoms with Crippen LogP contribution in [-0.2, 0) is 14.3 Å². The molecule has 120 valence electrons. The molecule has 1 atom stereocenters. The lowest BCUT2D eigenvalue weighted by Gasteiger charge is -2.29. The normalized spacial score (nSPS) is 26.8. The van der Waals surface area contributed by atoms with Crippen LogP contribution in [0.25, 0.3) is 0 Å². The van der Waals surface area contributed by atoms with Crippen molar-refractivity contribution in [1.82, 2.24) is 5.32 Å². The zero-order valence-electron chi connectivity index (χ0n) is 13.1. The molecule has 1 heterocycles. The maximum Gasteiger partial charge on any atom is 0.516 e. The number of carbonyl (C=O) groups excluding carboxylic acids is 2. The van der Waals surface area contributed by atoms with Gasteiger partial charge in [0.2, 0.25) is 0 Å². The maximum atomic E-state index is 12.4. The summed E-state index contributed by atoms with van der Waals surface area (Å²) in [5.41, 5.74) is -0.660. The highest BCUT2D eigenvalue weighted by atomic mass is 32.2. The Bertz CT molecular complexity index is 393. The lowest BCUT2D eigenvalue weighted by molar-refractivity contribution is -0.144. The number of nitrogens with one attached hydrogen (secondary N) is 1. The summed E-state index contributed by atoms with van der Waals surface area (Å²) >= 11 is 1.64. The first-order valence-corrected chi connectivity index (χ1v) is 8.57. The molecule has 0 amide bonds. The van der Waals surface area contributed by atoms with Gasteiger partial charge < -0.3 is 9.47 Å². The zero-order valence-corrected chi connectivity index (χ0v) is 13.9. The highest BCUT2D eigenvalue weighted by Crippen LogP contribution is 2.41. The van der Waals surface area contributed by atoms with Gasteiger partial charge in [0.15, 0.2) is 4.87 Å². The standard InChI is InChI=1S/C15H25NO4S/c1-14(2,3)20-13(18)19-12(17)15(9-6-10-16-15)21-11-7-4-5-8-11/h11,16H,4-10H2,1-3H3/t15-/m1/s1. The third kappa shape index (κ3) is 4.61. The number of ether oxygens (including phenoxy) is 2. The Kier molecular flexibility index (Phi) is 5.20. The van der Waals surface area contributed by atoms with Crippen molar-refractivity contribution in [2.75, 3.05) is 6.54 Å². The second kappa shape index (κ2) is 6.57. The fraction of sp³-hybridized carbons (Fsp3) is 0.867. The Morgan fingerprint density at radius 1 is 1.19 bits per heavy atom. The average Bonchev–Trinajstić information content (AvgIpc) is 2.98. The SMILES string of the molecule is CC(C)(C)OC(=O)OC(=O)[C@]1(SC2CCCC2)CCCN1. The number of esters is 1. The smallest absolute Gasteiger partial charge is 0.428 e. The minimum atomic E-state index is -0.910. The quantitative estimate of drug-likeness (QED) is 0.637.